The molecule has 8 nitrogen and oxygen atoms in total. The van der Waals surface area contributed by atoms with Crippen molar-refractivity contribution >= 4 is 43.5 Å². The number of halogens is 1. The first-order valence-corrected chi connectivity index (χ1v) is 16.7. The molecule has 0 aliphatic carbocycles. The number of rotatable bonds is 12. The lowest BCUT2D eigenvalue weighted by Crippen LogP contribution is -2.56. The van der Waals surface area contributed by atoms with Crippen LogP contribution in [0.4, 0.5) is 5.69 Å². The number of nitrogens with one attached hydrogen (secondary N) is 1. The lowest BCUT2D eigenvalue weighted by Gasteiger charge is -2.35. The highest BCUT2D eigenvalue weighted by molar-refractivity contribution is 9.10. The molecule has 0 saturated heterocycles. The number of benzene rings is 4. The number of carbonyl (C=O) groups excluding carboxylic acids is 2. The monoisotopic (exact) mass is 691 g/mol. The Hall–Kier alpha value is -4.15. The second-order valence-corrected chi connectivity index (χ2v) is 14.4. The molecule has 0 bridgehead atoms. The molecule has 0 radical (unpaired) electrons. The number of hydrogen-bond donors (Lipinski definition) is 1. The summed E-state index contributed by atoms with van der Waals surface area (Å²) in [6.45, 7) is 5.14. The van der Waals surface area contributed by atoms with E-state index in [1.807, 2.05) is 63.2 Å². The summed E-state index contributed by atoms with van der Waals surface area (Å²) in [5.74, 6) is -0.282. The number of sulfonamides is 1. The zero-order chi connectivity index (χ0) is 32.6. The number of anilines is 1. The quantitative estimate of drug-likeness (QED) is 0.191. The van der Waals surface area contributed by atoms with Crippen LogP contribution >= 0.6 is 15.9 Å². The van der Waals surface area contributed by atoms with Crippen LogP contribution < -0.4 is 14.4 Å². The van der Waals surface area contributed by atoms with E-state index in [2.05, 4.69) is 21.2 Å². The predicted octanol–water partition coefficient (Wildman–Crippen LogP) is 6.21. The van der Waals surface area contributed by atoms with E-state index < -0.39 is 34.1 Å². The number of methoxy groups -OCH3 is 1. The van der Waals surface area contributed by atoms with E-state index in [-0.39, 0.29) is 23.8 Å². The first-order valence-electron chi connectivity index (χ1n) is 14.5. The molecule has 1 unspecified atom stereocenters. The van der Waals surface area contributed by atoms with Crippen molar-refractivity contribution in [2.75, 3.05) is 18.0 Å². The normalized spacial score (nSPS) is 12.2. The lowest BCUT2D eigenvalue weighted by atomic mass is 10.0. The van der Waals surface area contributed by atoms with E-state index in [1.54, 1.807) is 61.7 Å². The van der Waals surface area contributed by atoms with Gasteiger partial charge in [0.2, 0.25) is 11.8 Å². The van der Waals surface area contributed by atoms with E-state index in [9.17, 15) is 18.0 Å². The molecule has 236 valence electrons. The largest absolute Gasteiger partial charge is 0.497 e. The summed E-state index contributed by atoms with van der Waals surface area (Å²) in [4.78, 5) is 30.0. The molecule has 1 N–H and O–H groups in total. The van der Waals surface area contributed by atoms with Crippen molar-refractivity contribution < 1.29 is 22.7 Å². The van der Waals surface area contributed by atoms with Crippen LogP contribution in [-0.4, -0.2) is 50.4 Å². The smallest absolute Gasteiger partial charge is 0.264 e. The molecule has 0 aliphatic rings. The fourth-order valence-electron chi connectivity index (χ4n) is 4.83. The van der Waals surface area contributed by atoms with Crippen LogP contribution in [-0.2, 0) is 32.6 Å². The summed E-state index contributed by atoms with van der Waals surface area (Å²) in [6.07, 6.45) is 0.224. The first kappa shape index (κ1) is 33.7. The zero-order valence-corrected chi connectivity index (χ0v) is 28.2. The molecule has 4 aromatic rings. The molecule has 0 aliphatic heterocycles. The van der Waals surface area contributed by atoms with Gasteiger partial charge in [-0.25, -0.2) is 8.42 Å². The Bertz CT molecular complexity index is 1690. The predicted molar refractivity (Wildman–Crippen MR) is 180 cm³/mol. The molecule has 0 fully saturated rings. The second kappa shape index (κ2) is 14.8. The molecular formula is C35H38BrN3O5S. The van der Waals surface area contributed by atoms with Gasteiger partial charge in [-0.1, -0.05) is 76.6 Å². The Morgan fingerprint density at radius 3 is 2.04 bits per heavy atom. The molecule has 0 saturated carbocycles. The molecule has 2 amide bonds. The van der Waals surface area contributed by atoms with E-state index in [0.29, 0.717) is 11.4 Å². The number of carbonyl (C=O) groups is 2. The third kappa shape index (κ3) is 9.18. The van der Waals surface area contributed by atoms with Gasteiger partial charge in [-0.15, -0.1) is 0 Å². The Balaban J connectivity index is 1.82. The zero-order valence-electron chi connectivity index (χ0n) is 25.8. The minimum atomic E-state index is -4.16. The average Bonchev–Trinajstić information content (AvgIpc) is 3.02. The molecule has 0 spiro atoms. The standard InChI is InChI=1S/C35H38BrN3O5S/c1-35(2,3)37-34(41)32(23-26-12-7-5-8-13-26)38(24-27-14-11-15-30(22-27)44-4)33(40)25-39(29-20-18-28(36)19-21-29)45(42,43)31-16-9-6-10-17-31/h5-22,32H,23-25H2,1-4H3,(H,37,41). The van der Waals surface area contributed by atoms with Crippen LogP contribution in [0.3, 0.4) is 0 Å². The summed E-state index contributed by atoms with van der Waals surface area (Å²) in [5.41, 5.74) is 1.33. The topological polar surface area (TPSA) is 96.0 Å². The van der Waals surface area contributed by atoms with E-state index >= 15 is 0 Å². The van der Waals surface area contributed by atoms with Gasteiger partial charge in [-0.05, 0) is 80.4 Å². The Kier molecular flexibility index (Phi) is 11.1. The van der Waals surface area contributed by atoms with Gasteiger partial charge in [0.15, 0.2) is 0 Å². The van der Waals surface area contributed by atoms with Crippen molar-refractivity contribution in [2.45, 2.75) is 50.2 Å². The number of hydrogen-bond acceptors (Lipinski definition) is 5. The van der Waals surface area contributed by atoms with Crippen molar-refractivity contribution in [2.24, 2.45) is 0 Å². The maximum absolute atomic E-state index is 14.5. The van der Waals surface area contributed by atoms with Gasteiger partial charge in [0.25, 0.3) is 10.0 Å². The van der Waals surface area contributed by atoms with Crippen molar-refractivity contribution in [1.29, 1.82) is 0 Å². The van der Waals surface area contributed by atoms with Gasteiger partial charge in [-0.3, -0.25) is 13.9 Å². The van der Waals surface area contributed by atoms with Gasteiger partial charge in [-0.2, -0.15) is 0 Å². The van der Waals surface area contributed by atoms with Crippen molar-refractivity contribution in [3.63, 3.8) is 0 Å². The van der Waals surface area contributed by atoms with Crippen molar-refractivity contribution in [3.05, 3.63) is 125 Å². The molecule has 1 atom stereocenters. The summed E-state index contributed by atoms with van der Waals surface area (Å²) in [5, 5.41) is 3.04. The maximum atomic E-state index is 14.5. The number of ether oxygens (including phenoxy) is 1. The molecule has 0 aromatic heterocycles. The summed E-state index contributed by atoms with van der Waals surface area (Å²) in [7, 11) is -2.61. The van der Waals surface area contributed by atoms with Gasteiger partial charge in [0.1, 0.15) is 18.3 Å². The van der Waals surface area contributed by atoms with Crippen LogP contribution in [0.5, 0.6) is 5.75 Å². The Morgan fingerprint density at radius 2 is 1.44 bits per heavy atom. The lowest BCUT2D eigenvalue weighted by molar-refractivity contribution is -0.140. The number of amides is 2. The van der Waals surface area contributed by atoms with E-state index in [1.165, 1.54) is 17.0 Å². The molecular weight excluding hydrogens is 654 g/mol. The molecule has 45 heavy (non-hydrogen) atoms. The summed E-state index contributed by atoms with van der Waals surface area (Å²) >= 11 is 3.41. The van der Waals surface area contributed by atoms with Crippen LogP contribution in [0.1, 0.15) is 31.9 Å². The summed E-state index contributed by atoms with van der Waals surface area (Å²) < 4.78 is 35.4. The minimum Gasteiger partial charge on any atom is -0.497 e. The minimum absolute atomic E-state index is 0.0463. The highest BCUT2D eigenvalue weighted by Crippen LogP contribution is 2.27. The SMILES string of the molecule is COc1cccc(CN(C(=O)CN(c2ccc(Br)cc2)S(=O)(=O)c2ccccc2)C(Cc2ccccc2)C(=O)NC(C)(C)C)c1. The van der Waals surface area contributed by atoms with Gasteiger partial charge in [0.05, 0.1) is 17.7 Å². The fourth-order valence-corrected chi connectivity index (χ4v) is 6.53. The van der Waals surface area contributed by atoms with E-state index in [4.69, 9.17) is 4.74 Å². The van der Waals surface area contributed by atoms with Crippen LogP contribution in [0.25, 0.3) is 0 Å². The third-order valence-electron chi connectivity index (χ3n) is 6.98. The summed E-state index contributed by atoms with van der Waals surface area (Å²) in [6, 6.07) is 30.5. The average molecular weight is 693 g/mol. The van der Waals surface area contributed by atoms with Crippen LogP contribution in [0, 0.1) is 0 Å². The first-order chi connectivity index (χ1) is 21.4. The molecule has 4 aromatic carbocycles. The van der Waals surface area contributed by atoms with Gasteiger partial charge in [0, 0.05) is 23.0 Å². The molecule has 4 rings (SSSR count). The highest BCUT2D eigenvalue weighted by atomic mass is 79.9. The fraction of sp³-hybridized carbons (Fsp3) is 0.257. The second-order valence-electron chi connectivity index (χ2n) is 11.6. The van der Waals surface area contributed by atoms with Crippen LogP contribution in [0.15, 0.2) is 119 Å². The highest BCUT2D eigenvalue weighted by Gasteiger charge is 2.35. The van der Waals surface area contributed by atoms with Crippen molar-refractivity contribution in [3.8, 4) is 5.75 Å². The van der Waals surface area contributed by atoms with Gasteiger partial charge >= 0.3 is 0 Å². The third-order valence-corrected chi connectivity index (χ3v) is 9.30. The number of nitrogens with zero attached hydrogens (tertiary/aromatic N) is 2. The van der Waals surface area contributed by atoms with Crippen molar-refractivity contribution in [1.82, 2.24) is 10.2 Å². The van der Waals surface area contributed by atoms with E-state index in [0.717, 1.165) is 19.9 Å². The van der Waals surface area contributed by atoms with Crippen LogP contribution in [0.2, 0.25) is 0 Å². The molecule has 0 heterocycles. The maximum Gasteiger partial charge on any atom is 0.264 e. The van der Waals surface area contributed by atoms with Gasteiger partial charge < -0.3 is 15.0 Å². The Morgan fingerprint density at radius 1 is 0.844 bits per heavy atom. The molecule has 10 heteroatoms. The Labute approximate surface area is 274 Å².